The number of aliphatic hydroxyl groups excluding tert-OH is 1. The van der Waals surface area contributed by atoms with Crippen molar-refractivity contribution in [2.24, 2.45) is 7.05 Å². The molecule has 7 nitrogen and oxygen atoms in total. The molecule has 18 heavy (non-hydrogen) atoms. The predicted molar refractivity (Wildman–Crippen MR) is 63.3 cm³/mol. The lowest BCUT2D eigenvalue weighted by Crippen LogP contribution is -2.33. The topological polar surface area (TPSA) is 72.0 Å². The van der Waals surface area contributed by atoms with Gasteiger partial charge in [-0.15, -0.1) is 5.10 Å². The maximum atomic E-state index is 9.21. The van der Waals surface area contributed by atoms with Crippen molar-refractivity contribution in [2.75, 3.05) is 6.54 Å². The minimum absolute atomic E-state index is 0.0456. The van der Waals surface area contributed by atoms with Gasteiger partial charge in [0, 0.05) is 38.4 Å². The summed E-state index contributed by atoms with van der Waals surface area (Å²) in [7, 11) is 1.92. The molecule has 0 bridgehead atoms. The van der Waals surface area contributed by atoms with Crippen LogP contribution in [0.2, 0.25) is 0 Å². The van der Waals surface area contributed by atoms with Gasteiger partial charge in [0.05, 0.1) is 25.0 Å². The van der Waals surface area contributed by atoms with Crippen LogP contribution in [-0.2, 0) is 33.3 Å². The molecular weight excluding hydrogens is 232 g/mol. The van der Waals surface area contributed by atoms with Gasteiger partial charge < -0.3 is 5.11 Å². The van der Waals surface area contributed by atoms with E-state index in [2.05, 4.69) is 20.3 Å². The first-order valence-corrected chi connectivity index (χ1v) is 5.98. The fourth-order valence-electron chi connectivity index (χ4n) is 2.32. The van der Waals surface area contributed by atoms with E-state index in [1.165, 1.54) is 5.56 Å². The summed E-state index contributed by atoms with van der Waals surface area (Å²) in [5, 5.41) is 21.4. The highest BCUT2D eigenvalue weighted by Gasteiger charge is 2.21. The third-order valence-electron chi connectivity index (χ3n) is 3.23. The highest BCUT2D eigenvalue weighted by atomic mass is 16.3. The van der Waals surface area contributed by atoms with Crippen molar-refractivity contribution < 1.29 is 5.11 Å². The van der Waals surface area contributed by atoms with E-state index in [-0.39, 0.29) is 6.61 Å². The Kier molecular flexibility index (Phi) is 2.85. The molecule has 2 aromatic heterocycles. The molecule has 2 aromatic rings. The molecule has 0 radical (unpaired) electrons. The number of fused-ring (bicyclic) bond motifs is 1. The van der Waals surface area contributed by atoms with Crippen LogP contribution in [0.25, 0.3) is 0 Å². The van der Waals surface area contributed by atoms with Crippen molar-refractivity contribution in [3.8, 4) is 0 Å². The molecule has 0 spiro atoms. The Morgan fingerprint density at radius 3 is 3.00 bits per heavy atom. The van der Waals surface area contributed by atoms with Crippen LogP contribution in [0.5, 0.6) is 0 Å². The van der Waals surface area contributed by atoms with Crippen LogP contribution in [0.4, 0.5) is 0 Å². The molecular formula is C11H16N6O. The average Bonchev–Trinajstić information content (AvgIpc) is 2.95. The molecule has 1 aliphatic rings. The fourth-order valence-corrected chi connectivity index (χ4v) is 2.32. The summed E-state index contributed by atoms with van der Waals surface area (Å²) in [6.07, 6.45) is 3.91. The van der Waals surface area contributed by atoms with E-state index in [4.69, 9.17) is 0 Å². The summed E-state index contributed by atoms with van der Waals surface area (Å²) >= 11 is 0. The number of aliphatic hydroxyl groups is 1. The van der Waals surface area contributed by atoms with Gasteiger partial charge in [0.15, 0.2) is 0 Å². The molecule has 3 heterocycles. The molecule has 0 aliphatic carbocycles. The number of hydrogen-bond acceptors (Lipinski definition) is 5. The van der Waals surface area contributed by atoms with Crippen LogP contribution >= 0.6 is 0 Å². The molecule has 0 saturated carbocycles. The number of aromatic nitrogens is 5. The van der Waals surface area contributed by atoms with Gasteiger partial charge in [0.2, 0.25) is 0 Å². The average molecular weight is 248 g/mol. The fraction of sp³-hybridized carbons (Fsp3) is 0.545. The molecule has 0 aromatic carbocycles. The van der Waals surface area contributed by atoms with Gasteiger partial charge in [0.25, 0.3) is 0 Å². The van der Waals surface area contributed by atoms with E-state index in [0.29, 0.717) is 5.69 Å². The molecule has 1 N–H and O–H groups in total. The molecule has 96 valence electrons. The quantitative estimate of drug-likeness (QED) is 0.794. The minimum atomic E-state index is -0.0456. The van der Waals surface area contributed by atoms with Gasteiger partial charge in [-0.05, 0) is 0 Å². The first-order chi connectivity index (χ1) is 8.76. The summed E-state index contributed by atoms with van der Waals surface area (Å²) in [5.41, 5.74) is 2.91. The third kappa shape index (κ3) is 2.02. The Morgan fingerprint density at radius 1 is 1.39 bits per heavy atom. The Morgan fingerprint density at radius 2 is 2.28 bits per heavy atom. The second-order valence-corrected chi connectivity index (χ2v) is 4.60. The molecule has 7 heteroatoms. The summed E-state index contributed by atoms with van der Waals surface area (Å²) < 4.78 is 3.69. The molecule has 0 saturated heterocycles. The zero-order valence-corrected chi connectivity index (χ0v) is 10.3. The van der Waals surface area contributed by atoms with Gasteiger partial charge in [-0.3, -0.25) is 9.58 Å². The Hall–Kier alpha value is -1.73. The normalized spacial score (nSPS) is 15.9. The zero-order chi connectivity index (χ0) is 12.5. The summed E-state index contributed by atoms with van der Waals surface area (Å²) in [6, 6.07) is 0. The van der Waals surface area contributed by atoms with E-state index >= 15 is 0 Å². The van der Waals surface area contributed by atoms with Crippen LogP contribution < -0.4 is 0 Å². The van der Waals surface area contributed by atoms with E-state index in [1.54, 1.807) is 0 Å². The minimum Gasteiger partial charge on any atom is -0.390 e. The lowest BCUT2D eigenvalue weighted by Gasteiger charge is -2.26. The molecule has 0 amide bonds. The van der Waals surface area contributed by atoms with E-state index in [9.17, 15) is 5.11 Å². The first-order valence-electron chi connectivity index (χ1n) is 5.98. The Balaban J connectivity index is 1.74. The van der Waals surface area contributed by atoms with Gasteiger partial charge in [-0.2, -0.15) is 5.10 Å². The van der Waals surface area contributed by atoms with Crippen molar-refractivity contribution in [1.29, 1.82) is 0 Å². The van der Waals surface area contributed by atoms with Crippen molar-refractivity contribution in [1.82, 2.24) is 29.7 Å². The molecule has 0 atom stereocenters. The van der Waals surface area contributed by atoms with Crippen LogP contribution in [-0.4, -0.2) is 41.3 Å². The molecule has 1 aliphatic heterocycles. The van der Waals surface area contributed by atoms with Crippen LogP contribution in [0.15, 0.2) is 12.4 Å². The third-order valence-corrected chi connectivity index (χ3v) is 3.23. The van der Waals surface area contributed by atoms with Gasteiger partial charge in [-0.25, -0.2) is 4.68 Å². The van der Waals surface area contributed by atoms with Crippen LogP contribution in [0, 0.1) is 0 Å². The Labute approximate surface area is 105 Å². The van der Waals surface area contributed by atoms with E-state index < -0.39 is 0 Å². The van der Waals surface area contributed by atoms with Crippen molar-refractivity contribution in [2.45, 2.75) is 26.2 Å². The Bertz CT molecular complexity index is 532. The van der Waals surface area contributed by atoms with Crippen molar-refractivity contribution >= 4 is 0 Å². The summed E-state index contributed by atoms with van der Waals surface area (Å²) in [6.45, 7) is 3.36. The van der Waals surface area contributed by atoms with E-state index in [0.717, 1.165) is 31.9 Å². The number of nitrogens with zero attached hydrogens (tertiary/aromatic N) is 6. The lowest BCUT2D eigenvalue weighted by molar-refractivity contribution is 0.200. The van der Waals surface area contributed by atoms with Gasteiger partial charge in [0.1, 0.15) is 5.69 Å². The second-order valence-electron chi connectivity index (χ2n) is 4.60. The smallest absolute Gasteiger partial charge is 0.113 e. The maximum Gasteiger partial charge on any atom is 0.113 e. The zero-order valence-electron chi connectivity index (χ0n) is 10.3. The standard InChI is InChI=1S/C11H16N6O/c1-15-5-9(4-12-15)6-16-2-3-17-11(7-16)10(8-18)13-14-17/h4-5,18H,2-3,6-8H2,1H3. The number of hydrogen-bond donors (Lipinski definition) is 1. The van der Waals surface area contributed by atoms with E-state index in [1.807, 2.05) is 28.8 Å². The monoisotopic (exact) mass is 248 g/mol. The maximum absolute atomic E-state index is 9.21. The predicted octanol–water partition coefficient (Wildman–Crippen LogP) is -0.480. The number of aryl methyl sites for hydroxylation is 1. The summed E-state index contributed by atoms with van der Waals surface area (Å²) in [5.74, 6) is 0. The van der Waals surface area contributed by atoms with Gasteiger partial charge >= 0.3 is 0 Å². The van der Waals surface area contributed by atoms with Crippen LogP contribution in [0.1, 0.15) is 17.0 Å². The molecule has 0 unspecified atom stereocenters. The van der Waals surface area contributed by atoms with Crippen LogP contribution in [0.3, 0.4) is 0 Å². The largest absolute Gasteiger partial charge is 0.390 e. The number of rotatable bonds is 3. The highest BCUT2D eigenvalue weighted by molar-refractivity contribution is 5.12. The van der Waals surface area contributed by atoms with Crippen molar-refractivity contribution in [3.05, 3.63) is 29.3 Å². The molecule has 3 rings (SSSR count). The highest BCUT2D eigenvalue weighted by Crippen LogP contribution is 2.16. The first kappa shape index (κ1) is 11.4. The SMILES string of the molecule is Cn1cc(CN2CCn3nnc(CO)c3C2)cn1. The summed E-state index contributed by atoms with van der Waals surface area (Å²) in [4.78, 5) is 2.31. The lowest BCUT2D eigenvalue weighted by atomic mass is 10.2. The van der Waals surface area contributed by atoms with Crippen molar-refractivity contribution in [3.63, 3.8) is 0 Å². The molecule has 0 fully saturated rings. The second kappa shape index (κ2) is 4.51. The van der Waals surface area contributed by atoms with Gasteiger partial charge in [-0.1, -0.05) is 5.21 Å².